The smallest absolute Gasteiger partial charge is 0.244 e. The summed E-state index contributed by atoms with van der Waals surface area (Å²) in [4.78, 5) is 35.0. The largest absolute Gasteiger partial charge is 0.294 e. The van der Waals surface area contributed by atoms with Crippen molar-refractivity contribution < 1.29 is 9.59 Å². The van der Waals surface area contributed by atoms with Gasteiger partial charge in [-0.1, -0.05) is 11.6 Å². The fourth-order valence-corrected chi connectivity index (χ4v) is 2.02. The number of fused-ring (bicyclic) bond motifs is 1. The van der Waals surface area contributed by atoms with Crippen LogP contribution in [-0.4, -0.2) is 31.6 Å². The molecule has 3 rings (SSSR count). The fraction of sp³-hybridized carbons (Fsp3) is 0. The number of rotatable bonds is 3. The van der Waals surface area contributed by atoms with Crippen LogP contribution in [0.15, 0.2) is 36.9 Å². The van der Waals surface area contributed by atoms with Crippen LogP contribution in [0.4, 0.5) is 0 Å². The Labute approximate surface area is 118 Å². The number of carbonyl (C=O) groups is 2. The van der Waals surface area contributed by atoms with E-state index in [4.69, 9.17) is 11.6 Å². The second-order valence-corrected chi connectivity index (χ2v) is 4.39. The Morgan fingerprint density at radius 3 is 2.70 bits per heavy atom. The number of aromatic nitrogens is 4. The molecule has 0 fully saturated rings. The van der Waals surface area contributed by atoms with Gasteiger partial charge in [-0.15, -0.1) is 0 Å². The van der Waals surface area contributed by atoms with E-state index in [9.17, 15) is 9.59 Å². The highest BCUT2D eigenvalue weighted by molar-refractivity contribution is 6.35. The van der Waals surface area contributed by atoms with Crippen LogP contribution in [0.5, 0.6) is 0 Å². The first-order valence-electron chi connectivity index (χ1n) is 5.64. The van der Waals surface area contributed by atoms with Gasteiger partial charge in [0.05, 0.1) is 5.02 Å². The maximum Gasteiger partial charge on any atom is 0.244 e. The third kappa shape index (κ3) is 1.96. The summed E-state index contributed by atoms with van der Waals surface area (Å²) in [7, 11) is 0. The molecular weight excluding hydrogens is 280 g/mol. The maximum atomic E-state index is 11.8. The quantitative estimate of drug-likeness (QED) is 0.417. The van der Waals surface area contributed by atoms with Crippen molar-refractivity contribution in [3.05, 3.63) is 47.6 Å². The first-order valence-corrected chi connectivity index (χ1v) is 6.02. The Morgan fingerprint density at radius 2 is 2.00 bits per heavy atom. The molecule has 20 heavy (non-hydrogen) atoms. The van der Waals surface area contributed by atoms with E-state index in [2.05, 4.69) is 15.0 Å². The number of aldehydes is 1. The Bertz CT molecular complexity index is 811. The molecule has 0 aliphatic rings. The summed E-state index contributed by atoms with van der Waals surface area (Å²) in [5, 5.41) is 0.477. The van der Waals surface area contributed by atoms with Gasteiger partial charge in [-0.3, -0.25) is 24.1 Å². The minimum Gasteiger partial charge on any atom is -0.294 e. The molecule has 0 atom stereocenters. The van der Waals surface area contributed by atoms with Crippen LogP contribution in [-0.2, 0) is 4.79 Å². The second-order valence-electron chi connectivity index (χ2n) is 3.95. The van der Waals surface area contributed by atoms with Gasteiger partial charge in [-0.05, 0) is 12.1 Å². The number of ketones is 1. The number of Topliss-reactive ketones (excluding diaryl/α,β-unsaturated/α-hetero) is 1. The van der Waals surface area contributed by atoms with Gasteiger partial charge in [0.15, 0.2) is 6.29 Å². The van der Waals surface area contributed by atoms with Crippen LogP contribution in [0.2, 0.25) is 5.02 Å². The van der Waals surface area contributed by atoms with E-state index in [1.165, 1.54) is 23.2 Å². The summed E-state index contributed by atoms with van der Waals surface area (Å²) in [6.07, 6.45) is 6.28. The molecule has 0 unspecified atom stereocenters. The lowest BCUT2D eigenvalue weighted by atomic mass is 10.2. The zero-order chi connectivity index (χ0) is 14.1. The lowest BCUT2D eigenvalue weighted by Gasteiger charge is -2.04. The number of hydrogen-bond donors (Lipinski definition) is 0. The predicted octanol–water partition coefficient (Wildman–Crippen LogP) is 1.85. The molecular formula is C13H7ClN4O2. The van der Waals surface area contributed by atoms with E-state index < -0.39 is 5.78 Å². The van der Waals surface area contributed by atoms with Gasteiger partial charge < -0.3 is 0 Å². The predicted molar refractivity (Wildman–Crippen MR) is 72.1 cm³/mol. The van der Waals surface area contributed by atoms with Gasteiger partial charge in [0.2, 0.25) is 5.78 Å². The van der Waals surface area contributed by atoms with Crippen LogP contribution in [0.3, 0.4) is 0 Å². The summed E-state index contributed by atoms with van der Waals surface area (Å²) >= 11 is 5.79. The topological polar surface area (TPSA) is 77.7 Å². The lowest BCUT2D eigenvalue weighted by molar-refractivity contribution is -0.104. The molecule has 0 saturated heterocycles. The molecule has 3 aromatic heterocycles. The van der Waals surface area contributed by atoms with Crippen molar-refractivity contribution in [2.45, 2.75) is 0 Å². The Kier molecular flexibility index (Phi) is 3.00. The van der Waals surface area contributed by atoms with E-state index in [-0.39, 0.29) is 12.0 Å². The zero-order valence-electron chi connectivity index (χ0n) is 10.0. The van der Waals surface area contributed by atoms with Crippen molar-refractivity contribution in [3.8, 4) is 5.82 Å². The molecule has 0 bridgehead atoms. The first-order chi connectivity index (χ1) is 9.70. The molecule has 0 spiro atoms. The molecule has 98 valence electrons. The van der Waals surface area contributed by atoms with Crippen molar-refractivity contribution >= 4 is 34.7 Å². The number of halogens is 1. The van der Waals surface area contributed by atoms with Crippen molar-refractivity contribution in [2.75, 3.05) is 0 Å². The third-order valence-corrected chi connectivity index (χ3v) is 2.97. The highest BCUT2D eigenvalue weighted by Gasteiger charge is 2.19. The van der Waals surface area contributed by atoms with Crippen LogP contribution in [0, 0.1) is 0 Å². The number of hydrogen-bond acceptors (Lipinski definition) is 5. The third-order valence-electron chi connectivity index (χ3n) is 2.74. The van der Waals surface area contributed by atoms with E-state index in [1.54, 1.807) is 18.3 Å². The molecule has 3 aromatic rings. The van der Waals surface area contributed by atoms with Crippen molar-refractivity contribution in [1.82, 2.24) is 19.5 Å². The molecule has 0 aliphatic heterocycles. The Morgan fingerprint density at radius 1 is 1.20 bits per heavy atom. The number of carbonyl (C=O) groups excluding carboxylic acids is 2. The number of nitrogens with zero attached hydrogens (tertiary/aromatic N) is 4. The van der Waals surface area contributed by atoms with Crippen LogP contribution >= 0.6 is 11.6 Å². The first kappa shape index (κ1) is 12.4. The van der Waals surface area contributed by atoms with Gasteiger partial charge in [-0.2, -0.15) is 0 Å². The molecule has 0 N–H and O–H groups in total. The summed E-state index contributed by atoms with van der Waals surface area (Å²) in [6.45, 7) is 0. The molecule has 0 aliphatic carbocycles. The molecule has 0 aromatic carbocycles. The number of pyridine rings is 1. The summed E-state index contributed by atoms with van der Waals surface area (Å²) in [6, 6.07) is 3.29. The Hall–Kier alpha value is -2.60. The van der Waals surface area contributed by atoms with Gasteiger partial charge >= 0.3 is 0 Å². The van der Waals surface area contributed by atoms with Crippen molar-refractivity contribution in [1.29, 1.82) is 0 Å². The SMILES string of the molecule is O=CC(=O)c1c2nccnc2cn1-c1ccc(Cl)cn1. The summed E-state index contributed by atoms with van der Waals surface area (Å²) in [5.74, 6) is -0.225. The van der Waals surface area contributed by atoms with Gasteiger partial charge in [0.1, 0.15) is 22.5 Å². The average Bonchev–Trinajstić information content (AvgIpc) is 2.86. The molecule has 0 saturated carbocycles. The van der Waals surface area contributed by atoms with E-state index >= 15 is 0 Å². The Balaban J connectivity index is 2.31. The van der Waals surface area contributed by atoms with E-state index in [1.807, 2.05) is 0 Å². The monoisotopic (exact) mass is 286 g/mol. The van der Waals surface area contributed by atoms with Gasteiger partial charge in [0.25, 0.3) is 0 Å². The van der Waals surface area contributed by atoms with Gasteiger partial charge in [-0.25, -0.2) is 4.98 Å². The normalized spacial score (nSPS) is 10.7. The molecule has 7 heteroatoms. The molecule has 3 heterocycles. The van der Waals surface area contributed by atoms with Crippen molar-refractivity contribution in [3.63, 3.8) is 0 Å². The minimum absolute atomic E-state index is 0.137. The minimum atomic E-state index is -0.683. The summed E-state index contributed by atoms with van der Waals surface area (Å²) < 4.78 is 1.48. The fourth-order valence-electron chi connectivity index (χ4n) is 1.91. The molecule has 0 radical (unpaired) electrons. The standard InChI is InChI=1S/C13H7ClN4O2/c14-8-1-2-11(17-5-8)18-6-9-12(16-4-3-15-9)13(18)10(20)7-19/h1-7H. The van der Waals surface area contributed by atoms with Crippen LogP contribution < -0.4 is 0 Å². The zero-order valence-corrected chi connectivity index (χ0v) is 10.8. The molecule has 0 amide bonds. The molecule has 6 nitrogen and oxygen atoms in total. The second kappa shape index (κ2) is 4.82. The van der Waals surface area contributed by atoms with E-state index in [0.717, 1.165) is 0 Å². The highest BCUT2D eigenvalue weighted by atomic mass is 35.5. The average molecular weight is 287 g/mol. The lowest BCUT2D eigenvalue weighted by Crippen LogP contribution is -2.09. The maximum absolute atomic E-state index is 11.8. The van der Waals surface area contributed by atoms with Crippen molar-refractivity contribution in [2.24, 2.45) is 0 Å². The van der Waals surface area contributed by atoms with Gasteiger partial charge in [0, 0.05) is 24.8 Å². The van der Waals surface area contributed by atoms with Crippen LogP contribution in [0.1, 0.15) is 10.5 Å². The van der Waals surface area contributed by atoms with E-state index in [0.29, 0.717) is 21.9 Å². The van der Waals surface area contributed by atoms with Crippen LogP contribution in [0.25, 0.3) is 16.9 Å². The highest BCUT2D eigenvalue weighted by Crippen LogP contribution is 2.21. The summed E-state index contributed by atoms with van der Waals surface area (Å²) in [5.41, 5.74) is 1.01.